The van der Waals surface area contributed by atoms with Gasteiger partial charge < -0.3 is 8.94 Å². The van der Waals surface area contributed by atoms with Crippen LogP contribution in [0, 0.1) is 0 Å². The first-order chi connectivity index (χ1) is 11.4. The van der Waals surface area contributed by atoms with Gasteiger partial charge in [0.1, 0.15) is 12.0 Å². The van der Waals surface area contributed by atoms with Gasteiger partial charge in [-0.15, -0.1) is 0 Å². The number of oxazole rings is 1. The van der Waals surface area contributed by atoms with Gasteiger partial charge in [0.15, 0.2) is 5.82 Å². The van der Waals surface area contributed by atoms with Crippen molar-refractivity contribution in [2.45, 2.75) is 37.7 Å². The van der Waals surface area contributed by atoms with Crippen molar-refractivity contribution in [2.75, 3.05) is 0 Å². The molecule has 0 spiro atoms. The van der Waals surface area contributed by atoms with Gasteiger partial charge in [0.25, 0.3) is 0 Å². The molecule has 0 amide bonds. The Morgan fingerprint density at radius 3 is 2.50 bits per heavy atom. The lowest BCUT2D eigenvalue weighted by atomic mass is 9.96. The summed E-state index contributed by atoms with van der Waals surface area (Å²) >= 11 is 0. The fraction of sp³-hybridized carbons (Fsp3) is 0.353. The highest BCUT2D eigenvalue weighted by molar-refractivity contribution is 7.83. The molecule has 3 aromatic rings. The topological polar surface area (TPSA) is 82.0 Å². The van der Waals surface area contributed by atoms with Gasteiger partial charge >= 0.3 is 0 Å². The van der Waals surface area contributed by atoms with Crippen molar-refractivity contribution in [2.24, 2.45) is 0 Å². The SMILES string of the molecule is CC(C)(C)c1noc(C[S@](=O)Cc2coc(-c3ccccc3)n2)n1. The monoisotopic (exact) mass is 345 g/mol. The molecule has 2 heterocycles. The lowest BCUT2D eigenvalue weighted by molar-refractivity contribution is 0.372. The Hall–Kier alpha value is -2.28. The van der Waals surface area contributed by atoms with Crippen LogP contribution in [-0.2, 0) is 27.7 Å². The van der Waals surface area contributed by atoms with Crippen molar-refractivity contribution in [3.8, 4) is 11.5 Å². The highest BCUT2D eigenvalue weighted by Gasteiger charge is 2.22. The van der Waals surface area contributed by atoms with Crippen LogP contribution in [0.3, 0.4) is 0 Å². The smallest absolute Gasteiger partial charge is 0.239 e. The molecule has 1 aromatic carbocycles. The van der Waals surface area contributed by atoms with Crippen LogP contribution in [0.15, 0.2) is 45.5 Å². The van der Waals surface area contributed by atoms with E-state index in [0.29, 0.717) is 23.3 Å². The van der Waals surface area contributed by atoms with Gasteiger partial charge in [0.05, 0.1) is 11.4 Å². The highest BCUT2D eigenvalue weighted by Crippen LogP contribution is 2.20. The number of rotatable bonds is 5. The fourth-order valence-electron chi connectivity index (χ4n) is 2.06. The highest BCUT2D eigenvalue weighted by atomic mass is 32.2. The molecule has 0 fully saturated rings. The van der Waals surface area contributed by atoms with E-state index in [1.807, 2.05) is 51.1 Å². The molecule has 6 nitrogen and oxygen atoms in total. The molecule has 0 bridgehead atoms. The second kappa shape index (κ2) is 6.68. The van der Waals surface area contributed by atoms with Crippen LogP contribution in [0.1, 0.15) is 38.2 Å². The Morgan fingerprint density at radius 1 is 1.08 bits per heavy atom. The van der Waals surface area contributed by atoms with Gasteiger partial charge in [0.2, 0.25) is 11.8 Å². The third-order valence-electron chi connectivity index (χ3n) is 3.30. The number of aromatic nitrogens is 3. The Balaban J connectivity index is 1.63. The number of nitrogens with zero attached hydrogens (tertiary/aromatic N) is 3. The van der Waals surface area contributed by atoms with E-state index in [0.717, 1.165) is 5.56 Å². The van der Waals surface area contributed by atoms with Gasteiger partial charge in [-0.1, -0.05) is 44.1 Å². The third kappa shape index (κ3) is 3.97. The summed E-state index contributed by atoms with van der Waals surface area (Å²) in [6, 6.07) is 9.59. The molecular formula is C17H19N3O3S. The van der Waals surface area contributed by atoms with Crippen LogP contribution >= 0.6 is 0 Å². The van der Waals surface area contributed by atoms with Crippen LogP contribution in [0.2, 0.25) is 0 Å². The summed E-state index contributed by atoms with van der Waals surface area (Å²) in [5.74, 6) is 2.00. The van der Waals surface area contributed by atoms with Crippen molar-refractivity contribution in [1.82, 2.24) is 15.1 Å². The summed E-state index contributed by atoms with van der Waals surface area (Å²) in [5.41, 5.74) is 1.34. The Bertz CT molecular complexity index is 834. The minimum atomic E-state index is -1.20. The largest absolute Gasteiger partial charge is 0.444 e. The molecule has 0 N–H and O–H groups in total. The molecule has 0 radical (unpaired) electrons. The maximum absolute atomic E-state index is 12.3. The van der Waals surface area contributed by atoms with Gasteiger partial charge in [0, 0.05) is 21.8 Å². The van der Waals surface area contributed by atoms with Crippen molar-refractivity contribution in [3.63, 3.8) is 0 Å². The zero-order chi connectivity index (χ0) is 17.2. The van der Waals surface area contributed by atoms with E-state index in [-0.39, 0.29) is 16.9 Å². The number of benzene rings is 1. The molecular weight excluding hydrogens is 326 g/mol. The summed E-state index contributed by atoms with van der Waals surface area (Å²) in [6.07, 6.45) is 1.54. The van der Waals surface area contributed by atoms with E-state index in [2.05, 4.69) is 15.1 Å². The molecule has 0 aliphatic carbocycles. The lowest BCUT2D eigenvalue weighted by Gasteiger charge is -2.10. The molecule has 24 heavy (non-hydrogen) atoms. The average molecular weight is 345 g/mol. The molecule has 0 aliphatic rings. The molecule has 7 heteroatoms. The summed E-state index contributed by atoms with van der Waals surface area (Å²) < 4.78 is 22.9. The fourth-order valence-corrected chi connectivity index (χ4v) is 3.02. The Morgan fingerprint density at radius 2 is 1.83 bits per heavy atom. The van der Waals surface area contributed by atoms with Crippen molar-refractivity contribution in [3.05, 3.63) is 54.0 Å². The van der Waals surface area contributed by atoms with E-state index in [9.17, 15) is 4.21 Å². The van der Waals surface area contributed by atoms with Crippen LogP contribution in [0.25, 0.3) is 11.5 Å². The Kier molecular flexibility index (Phi) is 4.62. The Labute approximate surface area is 142 Å². The third-order valence-corrected chi connectivity index (χ3v) is 4.49. The summed E-state index contributed by atoms with van der Waals surface area (Å²) in [6.45, 7) is 6.00. The molecule has 3 rings (SSSR count). The zero-order valence-electron chi connectivity index (χ0n) is 13.9. The minimum Gasteiger partial charge on any atom is -0.444 e. The average Bonchev–Trinajstić information content (AvgIpc) is 3.17. The first kappa shape index (κ1) is 16.6. The summed E-state index contributed by atoms with van der Waals surface area (Å²) in [7, 11) is -1.20. The molecule has 126 valence electrons. The van der Waals surface area contributed by atoms with Gasteiger partial charge in [-0.3, -0.25) is 4.21 Å². The molecule has 0 saturated carbocycles. The predicted molar refractivity (Wildman–Crippen MR) is 90.5 cm³/mol. The van der Waals surface area contributed by atoms with Crippen molar-refractivity contribution < 1.29 is 13.1 Å². The molecule has 0 saturated heterocycles. The zero-order valence-corrected chi connectivity index (χ0v) is 14.7. The van der Waals surface area contributed by atoms with E-state index in [1.54, 1.807) is 0 Å². The van der Waals surface area contributed by atoms with Crippen molar-refractivity contribution in [1.29, 1.82) is 0 Å². The van der Waals surface area contributed by atoms with E-state index in [1.165, 1.54) is 6.26 Å². The first-order valence-electron chi connectivity index (χ1n) is 7.60. The standard InChI is InChI=1S/C17H19N3O3S/c1-17(2,3)16-19-14(23-20-16)11-24(21)10-13-9-22-15(18-13)12-7-5-4-6-8-12/h4-9H,10-11H2,1-3H3/t24-/m1/s1. The van der Waals surface area contributed by atoms with E-state index < -0.39 is 10.8 Å². The maximum atomic E-state index is 12.3. The first-order valence-corrected chi connectivity index (χ1v) is 9.08. The summed E-state index contributed by atoms with van der Waals surface area (Å²) in [5, 5.41) is 3.94. The van der Waals surface area contributed by atoms with Gasteiger partial charge in [-0.2, -0.15) is 4.98 Å². The van der Waals surface area contributed by atoms with Crippen molar-refractivity contribution >= 4 is 10.8 Å². The predicted octanol–water partition coefficient (Wildman–Crippen LogP) is 3.47. The van der Waals surface area contributed by atoms with E-state index in [4.69, 9.17) is 8.94 Å². The minimum absolute atomic E-state index is 0.195. The molecule has 0 unspecified atom stereocenters. The molecule has 2 aromatic heterocycles. The van der Waals surface area contributed by atoms with Crippen LogP contribution in [-0.4, -0.2) is 19.3 Å². The number of hydrogen-bond donors (Lipinski definition) is 0. The summed E-state index contributed by atoms with van der Waals surface area (Å²) in [4.78, 5) is 8.68. The van der Waals surface area contributed by atoms with Crippen LogP contribution < -0.4 is 0 Å². The van der Waals surface area contributed by atoms with Crippen LogP contribution in [0.4, 0.5) is 0 Å². The van der Waals surface area contributed by atoms with Gasteiger partial charge in [-0.05, 0) is 12.1 Å². The normalized spacial score (nSPS) is 13.1. The van der Waals surface area contributed by atoms with E-state index >= 15 is 0 Å². The maximum Gasteiger partial charge on any atom is 0.239 e. The second-order valence-corrected chi connectivity index (χ2v) is 7.96. The second-order valence-electron chi connectivity index (χ2n) is 6.50. The molecule has 0 aliphatic heterocycles. The number of hydrogen-bond acceptors (Lipinski definition) is 6. The molecule has 1 atom stereocenters. The lowest BCUT2D eigenvalue weighted by Crippen LogP contribution is -2.13. The van der Waals surface area contributed by atoms with Gasteiger partial charge in [-0.25, -0.2) is 4.98 Å². The quantitative estimate of drug-likeness (QED) is 0.704. The van der Waals surface area contributed by atoms with Crippen LogP contribution in [0.5, 0.6) is 0 Å².